The third kappa shape index (κ3) is 2.40. The molecule has 1 heteroatoms. The number of hydrogen-bond donors (Lipinski definition) is 1. The molecule has 0 radical (unpaired) electrons. The lowest BCUT2D eigenvalue weighted by Crippen LogP contribution is -2.30. The van der Waals surface area contributed by atoms with E-state index in [-0.39, 0.29) is 0 Å². The molecule has 2 N–H and O–H groups in total. The van der Waals surface area contributed by atoms with E-state index in [0.29, 0.717) is 6.04 Å². The van der Waals surface area contributed by atoms with Gasteiger partial charge in [0.1, 0.15) is 0 Å². The molecule has 0 heterocycles. The van der Waals surface area contributed by atoms with Gasteiger partial charge in [-0.3, -0.25) is 0 Å². The first-order chi connectivity index (χ1) is 8.36. The number of rotatable bonds is 2. The van der Waals surface area contributed by atoms with E-state index in [4.69, 9.17) is 5.73 Å². The predicted octanol–water partition coefficient (Wildman–Crippen LogP) is 3.70. The second-order valence-electron chi connectivity index (χ2n) is 5.88. The average molecular weight is 229 g/mol. The summed E-state index contributed by atoms with van der Waals surface area (Å²) in [5.41, 5.74) is 7.90. The second-order valence-corrected chi connectivity index (χ2v) is 5.88. The van der Waals surface area contributed by atoms with E-state index >= 15 is 0 Å². The van der Waals surface area contributed by atoms with Crippen LogP contribution in [0.1, 0.15) is 50.0 Å². The van der Waals surface area contributed by atoms with Crippen LogP contribution < -0.4 is 5.73 Å². The van der Waals surface area contributed by atoms with E-state index in [1.54, 1.807) is 0 Å². The van der Waals surface area contributed by atoms with Crippen molar-refractivity contribution in [3.63, 3.8) is 0 Å². The summed E-state index contributed by atoms with van der Waals surface area (Å²) in [4.78, 5) is 0. The quantitative estimate of drug-likeness (QED) is 0.769. The Labute approximate surface area is 104 Å². The van der Waals surface area contributed by atoms with Crippen molar-refractivity contribution in [2.75, 3.05) is 0 Å². The van der Waals surface area contributed by atoms with Crippen LogP contribution in [0.3, 0.4) is 0 Å². The maximum atomic E-state index is 6.36. The molecule has 0 saturated heterocycles. The highest BCUT2D eigenvalue weighted by molar-refractivity contribution is 5.26. The Hall–Kier alpha value is -0.820. The molecule has 3 rings (SSSR count). The highest BCUT2D eigenvalue weighted by atomic mass is 14.7. The molecule has 0 amide bonds. The molecule has 92 valence electrons. The fraction of sp³-hybridized carbons (Fsp3) is 0.625. The van der Waals surface area contributed by atoms with Gasteiger partial charge in [-0.1, -0.05) is 49.6 Å². The average Bonchev–Trinajstić information content (AvgIpc) is 3.14. The summed E-state index contributed by atoms with van der Waals surface area (Å²) in [5, 5.41) is 0. The third-order valence-corrected chi connectivity index (χ3v) is 4.74. The van der Waals surface area contributed by atoms with Crippen LogP contribution in [0.4, 0.5) is 0 Å². The lowest BCUT2D eigenvalue weighted by atomic mass is 9.88. The SMILES string of the molecule is NC1CCCCCC1C1CC1c1ccccc1. The van der Waals surface area contributed by atoms with Gasteiger partial charge in [-0.15, -0.1) is 0 Å². The fourth-order valence-corrected chi connectivity index (χ4v) is 3.67. The minimum atomic E-state index is 0.469. The van der Waals surface area contributed by atoms with Crippen molar-refractivity contribution in [1.82, 2.24) is 0 Å². The van der Waals surface area contributed by atoms with E-state index in [2.05, 4.69) is 30.3 Å². The molecule has 1 aromatic carbocycles. The van der Waals surface area contributed by atoms with Crippen molar-refractivity contribution in [3.05, 3.63) is 35.9 Å². The maximum Gasteiger partial charge on any atom is 0.00700 e. The van der Waals surface area contributed by atoms with E-state index in [0.717, 1.165) is 17.8 Å². The first-order valence-electron chi connectivity index (χ1n) is 7.17. The monoisotopic (exact) mass is 229 g/mol. The van der Waals surface area contributed by atoms with Crippen LogP contribution in [0.2, 0.25) is 0 Å². The Bertz CT molecular complexity index is 359. The van der Waals surface area contributed by atoms with Gasteiger partial charge in [0.25, 0.3) is 0 Å². The van der Waals surface area contributed by atoms with E-state index in [9.17, 15) is 0 Å². The van der Waals surface area contributed by atoms with Gasteiger partial charge in [0, 0.05) is 6.04 Å². The van der Waals surface area contributed by atoms with Gasteiger partial charge in [-0.2, -0.15) is 0 Å². The topological polar surface area (TPSA) is 26.0 Å². The summed E-state index contributed by atoms with van der Waals surface area (Å²) in [5.74, 6) is 2.48. The van der Waals surface area contributed by atoms with Crippen LogP contribution in [0, 0.1) is 11.8 Å². The van der Waals surface area contributed by atoms with Gasteiger partial charge in [-0.25, -0.2) is 0 Å². The largest absolute Gasteiger partial charge is 0.327 e. The van der Waals surface area contributed by atoms with Crippen LogP contribution in [-0.4, -0.2) is 6.04 Å². The molecule has 2 fully saturated rings. The summed E-state index contributed by atoms with van der Waals surface area (Å²) in [6.45, 7) is 0. The second kappa shape index (κ2) is 4.81. The van der Waals surface area contributed by atoms with E-state index in [1.807, 2.05) is 0 Å². The van der Waals surface area contributed by atoms with Crippen molar-refractivity contribution >= 4 is 0 Å². The summed E-state index contributed by atoms with van der Waals surface area (Å²) in [7, 11) is 0. The Balaban J connectivity index is 1.67. The van der Waals surface area contributed by atoms with Crippen molar-refractivity contribution in [2.24, 2.45) is 17.6 Å². The van der Waals surface area contributed by atoms with Crippen molar-refractivity contribution in [2.45, 2.75) is 50.5 Å². The Morgan fingerprint density at radius 2 is 1.65 bits per heavy atom. The Kier molecular flexibility index (Phi) is 3.19. The van der Waals surface area contributed by atoms with E-state index in [1.165, 1.54) is 44.1 Å². The molecule has 1 aromatic rings. The highest BCUT2D eigenvalue weighted by Gasteiger charge is 2.45. The van der Waals surface area contributed by atoms with Crippen molar-refractivity contribution in [3.8, 4) is 0 Å². The first kappa shape index (κ1) is 11.3. The molecular weight excluding hydrogens is 206 g/mol. The van der Waals surface area contributed by atoms with Crippen LogP contribution in [0.15, 0.2) is 30.3 Å². The molecule has 17 heavy (non-hydrogen) atoms. The smallest absolute Gasteiger partial charge is 0.00700 e. The molecule has 2 aliphatic carbocycles. The van der Waals surface area contributed by atoms with Crippen molar-refractivity contribution in [1.29, 1.82) is 0 Å². The molecule has 0 spiro atoms. The molecule has 1 nitrogen and oxygen atoms in total. The van der Waals surface area contributed by atoms with Crippen LogP contribution >= 0.6 is 0 Å². The molecule has 0 aromatic heterocycles. The predicted molar refractivity (Wildman–Crippen MR) is 71.8 cm³/mol. The molecule has 4 atom stereocenters. The highest BCUT2D eigenvalue weighted by Crippen LogP contribution is 2.54. The first-order valence-corrected chi connectivity index (χ1v) is 7.17. The molecule has 2 saturated carbocycles. The summed E-state index contributed by atoms with van der Waals surface area (Å²) >= 11 is 0. The molecule has 0 aliphatic heterocycles. The lowest BCUT2D eigenvalue weighted by molar-refractivity contribution is 0.348. The molecule has 4 unspecified atom stereocenters. The summed E-state index contributed by atoms with van der Waals surface area (Å²) < 4.78 is 0. The fourth-order valence-electron chi connectivity index (χ4n) is 3.67. The zero-order chi connectivity index (χ0) is 11.7. The summed E-state index contributed by atoms with van der Waals surface area (Å²) in [6.07, 6.45) is 8.14. The zero-order valence-corrected chi connectivity index (χ0v) is 10.5. The number of nitrogens with two attached hydrogens (primary N) is 1. The summed E-state index contributed by atoms with van der Waals surface area (Å²) in [6, 6.07) is 11.5. The number of benzene rings is 1. The van der Waals surface area contributed by atoms with Gasteiger partial charge in [0.05, 0.1) is 0 Å². The lowest BCUT2D eigenvalue weighted by Gasteiger charge is -2.21. The van der Waals surface area contributed by atoms with Gasteiger partial charge < -0.3 is 5.73 Å². The Morgan fingerprint density at radius 1 is 0.882 bits per heavy atom. The molecular formula is C16H23N. The van der Waals surface area contributed by atoms with Gasteiger partial charge in [0.2, 0.25) is 0 Å². The third-order valence-electron chi connectivity index (χ3n) is 4.74. The van der Waals surface area contributed by atoms with Crippen LogP contribution in [0.5, 0.6) is 0 Å². The minimum absolute atomic E-state index is 0.469. The standard InChI is InChI=1S/C16H23N/c17-16-10-6-2-5-9-13(16)15-11-14(15)12-7-3-1-4-8-12/h1,3-4,7-8,13-16H,2,5-6,9-11,17H2. The number of hydrogen-bond acceptors (Lipinski definition) is 1. The zero-order valence-electron chi connectivity index (χ0n) is 10.5. The van der Waals surface area contributed by atoms with E-state index < -0.39 is 0 Å². The van der Waals surface area contributed by atoms with Crippen LogP contribution in [-0.2, 0) is 0 Å². The van der Waals surface area contributed by atoms with Gasteiger partial charge in [0.15, 0.2) is 0 Å². The maximum absolute atomic E-state index is 6.36. The minimum Gasteiger partial charge on any atom is -0.327 e. The van der Waals surface area contributed by atoms with Gasteiger partial charge in [-0.05, 0) is 42.6 Å². The van der Waals surface area contributed by atoms with Crippen LogP contribution in [0.25, 0.3) is 0 Å². The molecule has 0 bridgehead atoms. The van der Waals surface area contributed by atoms with Gasteiger partial charge >= 0.3 is 0 Å². The Morgan fingerprint density at radius 3 is 2.47 bits per heavy atom. The van der Waals surface area contributed by atoms with Crippen molar-refractivity contribution < 1.29 is 0 Å². The normalized spacial score (nSPS) is 37.5. The molecule has 2 aliphatic rings.